The summed E-state index contributed by atoms with van der Waals surface area (Å²) in [6, 6.07) is 15.4. The van der Waals surface area contributed by atoms with E-state index in [4.69, 9.17) is 16.0 Å². The fourth-order valence-corrected chi connectivity index (χ4v) is 3.96. The molecule has 1 aromatic heterocycles. The number of hydrogen-bond acceptors (Lipinski definition) is 5. The molecule has 28 heavy (non-hydrogen) atoms. The molecule has 0 spiro atoms. The third-order valence-electron chi connectivity index (χ3n) is 4.11. The normalized spacial score (nSPS) is 16.2. The molecule has 4 rings (SSSR count). The van der Waals surface area contributed by atoms with Gasteiger partial charge in [0.05, 0.1) is 5.56 Å². The lowest BCUT2D eigenvalue weighted by Crippen LogP contribution is -2.21. The van der Waals surface area contributed by atoms with Gasteiger partial charge in [-0.1, -0.05) is 41.6 Å². The zero-order valence-corrected chi connectivity index (χ0v) is 15.9. The number of rotatable bonds is 4. The molecule has 1 N–H and O–H groups in total. The first-order chi connectivity index (χ1) is 13.5. The van der Waals surface area contributed by atoms with Gasteiger partial charge in [-0.3, -0.25) is 9.59 Å². The minimum Gasteiger partial charge on any atom is -0.422 e. The van der Waals surface area contributed by atoms with Crippen molar-refractivity contribution in [3.8, 4) is 0 Å². The maximum atomic E-state index is 12.3. The van der Waals surface area contributed by atoms with Crippen LogP contribution in [-0.4, -0.2) is 22.1 Å². The fraction of sp³-hybridized carbons (Fsp3) is 0.100. The molecule has 0 radical (unpaired) electrons. The van der Waals surface area contributed by atoms with E-state index < -0.39 is 16.8 Å². The van der Waals surface area contributed by atoms with Crippen molar-refractivity contribution < 1.29 is 14.0 Å². The smallest absolute Gasteiger partial charge is 0.346 e. The van der Waals surface area contributed by atoms with Gasteiger partial charge < -0.3 is 9.73 Å². The first-order valence-corrected chi connectivity index (χ1v) is 9.63. The van der Waals surface area contributed by atoms with Gasteiger partial charge in [0.2, 0.25) is 5.91 Å². The Balaban J connectivity index is 1.48. The molecule has 0 bridgehead atoms. The third kappa shape index (κ3) is 3.85. The molecule has 1 aliphatic heterocycles. The SMILES string of the molecule is O=C(CC1SC(c2cc3ccccc3oc2=O)=NC1=O)Nc1ccc(Cl)cc1. The summed E-state index contributed by atoms with van der Waals surface area (Å²) in [4.78, 5) is 40.7. The van der Waals surface area contributed by atoms with Crippen molar-refractivity contribution in [1.82, 2.24) is 0 Å². The van der Waals surface area contributed by atoms with Gasteiger partial charge in [0.15, 0.2) is 0 Å². The standard InChI is InChI=1S/C20H13ClN2O4S/c21-12-5-7-13(8-6-12)22-17(24)10-16-18(25)23-19(28-16)14-9-11-3-1-2-4-15(11)27-20(14)26/h1-9,16H,10H2,(H,22,24). The van der Waals surface area contributed by atoms with E-state index in [1.807, 2.05) is 6.07 Å². The van der Waals surface area contributed by atoms with Crippen LogP contribution in [0.25, 0.3) is 11.0 Å². The summed E-state index contributed by atoms with van der Waals surface area (Å²) in [5.41, 5.74) is 0.702. The number of aliphatic imine (C=N–C) groups is 1. The molecule has 0 aliphatic carbocycles. The van der Waals surface area contributed by atoms with Crippen molar-refractivity contribution in [3.05, 3.63) is 75.6 Å². The highest BCUT2D eigenvalue weighted by Crippen LogP contribution is 2.29. The maximum Gasteiger partial charge on any atom is 0.346 e. The van der Waals surface area contributed by atoms with Crippen molar-refractivity contribution >= 4 is 56.9 Å². The monoisotopic (exact) mass is 412 g/mol. The predicted octanol–water partition coefficient (Wildman–Crippen LogP) is 3.86. The number of hydrogen-bond donors (Lipinski definition) is 1. The summed E-state index contributed by atoms with van der Waals surface area (Å²) in [5.74, 6) is -0.769. The number of amides is 2. The van der Waals surface area contributed by atoms with E-state index in [-0.39, 0.29) is 22.9 Å². The molecule has 0 fully saturated rings. The molecule has 1 atom stereocenters. The molecule has 0 saturated heterocycles. The second kappa shape index (κ2) is 7.61. The molecule has 2 amide bonds. The summed E-state index contributed by atoms with van der Waals surface area (Å²) in [5, 5.41) is 3.59. The van der Waals surface area contributed by atoms with E-state index in [2.05, 4.69) is 10.3 Å². The van der Waals surface area contributed by atoms with Gasteiger partial charge in [-0.05, 0) is 36.4 Å². The Bertz CT molecular complexity index is 1170. The first kappa shape index (κ1) is 18.5. The Morgan fingerprint density at radius 3 is 2.68 bits per heavy atom. The first-order valence-electron chi connectivity index (χ1n) is 8.37. The van der Waals surface area contributed by atoms with Gasteiger partial charge in [0.1, 0.15) is 15.9 Å². The number of anilines is 1. The van der Waals surface area contributed by atoms with Crippen molar-refractivity contribution in [2.75, 3.05) is 5.32 Å². The summed E-state index contributed by atoms with van der Waals surface area (Å²) < 4.78 is 5.29. The largest absolute Gasteiger partial charge is 0.422 e. The molecule has 2 heterocycles. The van der Waals surface area contributed by atoms with Gasteiger partial charge in [0, 0.05) is 22.5 Å². The molecule has 140 valence electrons. The van der Waals surface area contributed by atoms with E-state index in [9.17, 15) is 14.4 Å². The second-order valence-corrected chi connectivity index (χ2v) is 7.73. The number of benzene rings is 2. The molecule has 2 aromatic carbocycles. The Kier molecular flexibility index (Phi) is 5.02. The van der Waals surface area contributed by atoms with Gasteiger partial charge in [0.25, 0.3) is 5.91 Å². The van der Waals surface area contributed by atoms with Crippen LogP contribution in [-0.2, 0) is 9.59 Å². The number of nitrogens with one attached hydrogen (secondary N) is 1. The molecular weight excluding hydrogens is 400 g/mol. The van der Waals surface area contributed by atoms with Crippen molar-refractivity contribution in [2.45, 2.75) is 11.7 Å². The highest BCUT2D eigenvalue weighted by atomic mass is 35.5. The number of nitrogens with zero attached hydrogens (tertiary/aromatic N) is 1. The van der Waals surface area contributed by atoms with E-state index in [1.165, 1.54) is 0 Å². The highest BCUT2D eigenvalue weighted by molar-refractivity contribution is 8.16. The van der Waals surface area contributed by atoms with E-state index in [1.54, 1.807) is 48.5 Å². The lowest BCUT2D eigenvalue weighted by molar-refractivity contribution is -0.121. The number of carbonyl (C=O) groups excluding carboxylic acids is 2. The van der Waals surface area contributed by atoms with Crippen LogP contribution in [0.4, 0.5) is 5.69 Å². The number of para-hydroxylation sites is 1. The number of thioether (sulfide) groups is 1. The topological polar surface area (TPSA) is 88.7 Å². The van der Waals surface area contributed by atoms with Crippen molar-refractivity contribution in [3.63, 3.8) is 0 Å². The van der Waals surface area contributed by atoms with Gasteiger partial charge in [-0.2, -0.15) is 0 Å². The lowest BCUT2D eigenvalue weighted by Gasteiger charge is -2.08. The Hall–Kier alpha value is -2.90. The Labute approximate surface area is 168 Å². The van der Waals surface area contributed by atoms with Crippen LogP contribution in [0.2, 0.25) is 5.02 Å². The molecule has 3 aromatic rings. The van der Waals surface area contributed by atoms with Crippen LogP contribution in [0, 0.1) is 0 Å². The summed E-state index contributed by atoms with van der Waals surface area (Å²) in [6.45, 7) is 0. The lowest BCUT2D eigenvalue weighted by atomic mass is 10.2. The van der Waals surface area contributed by atoms with E-state index in [0.717, 1.165) is 17.1 Å². The minimum absolute atomic E-state index is 0.0575. The minimum atomic E-state index is -0.687. The van der Waals surface area contributed by atoms with Crippen LogP contribution < -0.4 is 10.9 Å². The zero-order valence-electron chi connectivity index (χ0n) is 14.3. The second-order valence-electron chi connectivity index (χ2n) is 6.11. The molecule has 1 unspecified atom stereocenters. The molecular formula is C20H13ClN2O4S. The van der Waals surface area contributed by atoms with Crippen LogP contribution in [0.15, 0.2) is 68.8 Å². The average Bonchev–Trinajstić information content (AvgIpc) is 3.03. The average molecular weight is 413 g/mol. The summed E-state index contributed by atoms with van der Waals surface area (Å²) >= 11 is 6.91. The van der Waals surface area contributed by atoms with E-state index in [0.29, 0.717) is 16.3 Å². The number of halogens is 1. The van der Waals surface area contributed by atoms with E-state index >= 15 is 0 Å². The van der Waals surface area contributed by atoms with Crippen molar-refractivity contribution in [2.24, 2.45) is 4.99 Å². The summed E-state index contributed by atoms with van der Waals surface area (Å²) in [6.07, 6.45) is -0.0575. The summed E-state index contributed by atoms with van der Waals surface area (Å²) in [7, 11) is 0. The third-order valence-corrected chi connectivity index (χ3v) is 5.55. The zero-order chi connectivity index (χ0) is 19.7. The highest BCUT2D eigenvalue weighted by Gasteiger charge is 2.32. The molecule has 8 heteroatoms. The Morgan fingerprint density at radius 2 is 1.89 bits per heavy atom. The predicted molar refractivity (Wildman–Crippen MR) is 110 cm³/mol. The van der Waals surface area contributed by atoms with Crippen LogP contribution >= 0.6 is 23.4 Å². The van der Waals surface area contributed by atoms with Gasteiger partial charge in [-0.15, -0.1) is 0 Å². The number of fused-ring (bicyclic) bond motifs is 1. The molecule has 6 nitrogen and oxygen atoms in total. The molecule has 0 saturated carbocycles. The van der Waals surface area contributed by atoms with Crippen LogP contribution in [0.3, 0.4) is 0 Å². The quantitative estimate of drug-likeness (QED) is 0.657. The van der Waals surface area contributed by atoms with Crippen LogP contribution in [0.1, 0.15) is 12.0 Å². The van der Waals surface area contributed by atoms with Gasteiger partial charge in [-0.25, -0.2) is 9.79 Å². The Morgan fingerprint density at radius 1 is 1.14 bits per heavy atom. The van der Waals surface area contributed by atoms with Crippen molar-refractivity contribution in [1.29, 1.82) is 0 Å². The maximum absolute atomic E-state index is 12.3. The van der Waals surface area contributed by atoms with Gasteiger partial charge >= 0.3 is 5.63 Å². The molecule has 1 aliphatic rings. The fourth-order valence-electron chi connectivity index (χ4n) is 2.76. The number of carbonyl (C=O) groups is 2. The van der Waals surface area contributed by atoms with Crippen LogP contribution in [0.5, 0.6) is 0 Å².